The molecule has 0 spiro atoms. The summed E-state index contributed by atoms with van der Waals surface area (Å²) in [6, 6.07) is 12.0. The molecule has 1 heterocycles. The number of hydrazine groups is 1. The van der Waals surface area contributed by atoms with E-state index in [-0.39, 0.29) is 12.0 Å². The molecule has 1 atom stereocenters. The Bertz CT molecular complexity index is 817. The highest BCUT2D eigenvalue weighted by molar-refractivity contribution is 9.10. The maximum Gasteiger partial charge on any atom is 0.269 e. The van der Waals surface area contributed by atoms with Gasteiger partial charge in [0.2, 0.25) is 0 Å². The van der Waals surface area contributed by atoms with Crippen molar-refractivity contribution in [3.8, 4) is 5.75 Å². The molecule has 0 radical (unpaired) electrons. The molecule has 1 aliphatic rings. The third-order valence-electron chi connectivity index (χ3n) is 4.30. The Kier molecular flexibility index (Phi) is 6.47. The van der Waals surface area contributed by atoms with E-state index in [1.54, 1.807) is 36.4 Å². The molecule has 1 aliphatic heterocycles. The highest BCUT2D eigenvalue weighted by Gasteiger charge is 2.16. The first-order valence-corrected chi connectivity index (χ1v) is 9.53. The molecule has 6 nitrogen and oxygen atoms in total. The lowest BCUT2D eigenvalue weighted by Gasteiger charge is -2.12. The fraction of sp³-hybridized carbons (Fsp3) is 0.300. The Morgan fingerprint density at radius 2 is 1.78 bits per heavy atom. The van der Waals surface area contributed by atoms with Gasteiger partial charge in [0, 0.05) is 22.2 Å². The summed E-state index contributed by atoms with van der Waals surface area (Å²) in [6.45, 7) is 3.23. The summed E-state index contributed by atoms with van der Waals surface area (Å²) >= 11 is 3.38. The van der Waals surface area contributed by atoms with E-state index in [1.165, 1.54) is 0 Å². The molecule has 0 bridgehead atoms. The number of benzene rings is 2. The maximum absolute atomic E-state index is 12.2. The van der Waals surface area contributed by atoms with Crippen molar-refractivity contribution in [2.24, 2.45) is 0 Å². The van der Waals surface area contributed by atoms with Crippen LogP contribution in [-0.2, 0) is 4.74 Å². The second-order valence-corrected chi connectivity index (χ2v) is 7.20. The molecule has 3 rings (SSSR count). The molecule has 1 fully saturated rings. The van der Waals surface area contributed by atoms with E-state index in [9.17, 15) is 9.59 Å². The zero-order valence-electron chi connectivity index (χ0n) is 15.0. The summed E-state index contributed by atoms with van der Waals surface area (Å²) < 4.78 is 12.0. The summed E-state index contributed by atoms with van der Waals surface area (Å²) in [7, 11) is 0. The van der Waals surface area contributed by atoms with Crippen LogP contribution in [0.25, 0.3) is 0 Å². The topological polar surface area (TPSA) is 76.7 Å². The Hall–Kier alpha value is -2.38. The molecule has 0 aromatic heterocycles. The molecule has 1 unspecified atom stereocenters. The predicted molar refractivity (Wildman–Crippen MR) is 105 cm³/mol. The quantitative estimate of drug-likeness (QED) is 0.709. The van der Waals surface area contributed by atoms with Crippen LogP contribution >= 0.6 is 15.9 Å². The van der Waals surface area contributed by atoms with Gasteiger partial charge in [0.15, 0.2) is 0 Å². The summed E-state index contributed by atoms with van der Waals surface area (Å²) in [5.74, 6) is -0.114. The molecule has 2 aromatic rings. The lowest BCUT2D eigenvalue weighted by Crippen LogP contribution is -2.41. The SMILES string of the molecule is Cc1ccc(C(=O)NNC(=O)c2ccc(OCC3CCCO3)cc2)cc1Br. The highest BCUT2D eigenvalue weighted by atomic mass is 79.9. The third-order valence-corrected chi connectivity index (χ3v) is 5.15. The van der Waals surface area contributed by atoms with Crippen LogP contribution in [0.1, 0.15) is 39.1 Å². The minimum absolute atomic E-state index is 0.144. The van der Waals surface area contributed by atoms with Gasteiger partial charge in [-0.3, -0.25) is 20.4 Å². The van der Waals surface area contributed by atoms with Crippen molar-refractivity contribution >= 4 is 27.7 Å². The normalized spacial score (nSPS) is 16.0. The number of aryl methyl sites for hydroxylation is 1. The zero-order valence-corrected chi connectivity index (χ0v) is 16.5. The van der Waals surface area contributed by atoms with E-state index in [2.05, 4.69) is 26.8 Å². The number of hydrogen-bond donors (Lipinski definition) is 2. The van der Waals surface area contributed by atoms with Gasteiger partial charge in [-0.25, -0.2) is 0 Å². The van der Waals surface area contributed by atoms with E-state index in [4.69, 9.17) is 9.47 Å². The third kappa shape index (κ3) is 5.30. The number of amides is 2. The lowest BCUT2D eigenvalue weighted by molar-refractivity contribution is 0.0679. The number of rotatable bonds is 5. The maximum atomic E-state index is 12.2. The second kappa shape index (κ2) is 9.01. The largest absolute Gasteiger partial charge is 0.491 e. The fourth-order valence-electron chi connectivity index (χ4n) is 2.66. The van der Waals surface area contributed by atoms with Crippen molar-refractivity contribution in [3.05, 3.63) is 63.6 Å². The first kappa shape index (κ1) is 19.4. The lowest BCUT2D eigenvalue weighted by atomic mass is 10.1. The second-order valence-electron chi connectivity index (χ2n) is 6.34. The first-order chi connectivity index (χ1) is 13.0. The average molecular weight is 433 g/mol. The molecule has 2 aromatic carbocycles. The number of carbonyl (C=O) groups is 2. The van der Waals surface area contributed by atoms with Crippen molar-refractivity contribution < 1.29 is 19.1 Å². The van der Waals surface area contributed by atoms with Gasteiger partial charge in [-0.15, -0.1) is 0 Å². The molecule has 2 amide bonds. The van der Waals surface area contributed by atoms with Crippen LogP contribution in [0.4, 0.5) is 0 Å². The molecule has 27 heavy (non-hydrogen) atoms. The number of ether oxygens (including phenoxy) is 2. The molecule has 1 saturated heterocycles. The van der Waals surface area contributed by atoms with Crippen LogP contribution in [0.5, 0.6) is 5.75 Å². The minimum Gasteiger partial charge on any atom is -0.491 e. The monoisotopic (exact) mass is 432 g/mol. The number of halogens is 1. The first-order valence-electron chi connectivity index (χ1n) is 8.74. The highest BCUT2D eigenvalue weighted by Crippen LogP contribution is 2.18. The Labute approximate surface area is 166 Å². The number of hydrogen-bond acceptors (Lipinski definition) is 4. The van der Waals surface area contributed by atoms with Gasteiger partial charge in [0.25, 0.3) is 11.8 Å². The summed E-state index contributed by atoms with van der Waals surface area (Å²) in [6.07, 6.45) is 2.22. The Balaban J connectivity index is 1.49. The van der Waals surface area contributed by atoms with Gasteiger partial charge in [-0.05, 0) is 61.7 Å². The van der Waals surface area contributed by atoms with Crippen molar-refractivity contribution in [3.63, 3.8) is 0 Å². The van der Waals surface area contributed by atoms with E-state index < -0.39 is 5.91 Å². The van der Waals surface area contributed by atoms with E-state index >= 15 is 0 Å². The molecular weight excluding hydrogens is 412 g/mol. The molecule has 142 valence electrons. The van der Waals surface area contributed by atoms with Gasteiger partial charge < -0.3 is 9.47 Å². The molecule has 0 saturated carbocycles. The van der Waals surface area contributed by atoms with E-state index in [0.717, 1.165) is 29.5 Å². The van der Waals surface area contributed by atoms with Gasteiger partial charge in [-0.1, -0.05) is 22.0 Å². The van der Waals surface area contributed by atoms with Gasteiger partial charge >= 0.3 is 0 Å². The van der Waals surface area contributed by atoms with Crippen LogP contribution < -0.4 is 15.6 Å². The van der Waals surface area contributed by atoms with Gasteiger partial charge in [-0.2, -0.15) is 0 Å². The molecule has 2 N–H and O–H groups in total. The Morgan fingerprint density at radius 3 is 2.41 bits per heavy atom. The van der Waals surface area contributed by atoms with Crippen molar-refractivity contribution in [2.75, 3.05) is 13.2 Å². The number of nitrogens with one attached hydrogen (secondary N) is 2. The standard InChI is InChI=1S/C20H21BrN2O4/c1-13-4-5-15(11-18(13)21)20(25)23-22-19(24)14-6-8-16(9-7-14)27-12-17-3-2-10-26-17/h4-9,11,17H,2-3,10,12H2,1H3,(H,22,24)(H,23,25). The van der Waals surface area contributed by atoms with Crippen molar-refractivity contribution in [1.29, 1.82) is 0 Å². The summed E-state index contributed by atoms with van der Waals surface area (Å²) in [5.41, 5.74) is 6.72. The van der Waals surface area contributed by atoms with Crippen LogP contribution in [0.3, 0.4) is 0 Å². The average Bonchev–Trinajstić information content (AvgIpc) is 3.20. The van der Waals surface area contributed by atoms with E-state index in [1.807, 2.05) is 13.0 Å². The van der Waals surface area contributed by atoms with Gasteiger partial charge in [0.1, 0.15) is 12.4 Å². The van der Waals surface area contributed by atoms with Crippen LogP contribution in [0, 0.1) is 6.92 Å². The van der Waals surface area contributed by atoms with Gasteiger partial charge in [0.05, 0.1) is 6.10 Å². The van der Waals surface area contributed by atoms with Crippen molar-refractivity contribution in [2.45, 2.75) is 25.9 Å². The fourth-order valence-corrected chi connectivity index (χ4v) is 3.04. The zero-order chi connectivity index (χ0) is 19.2. The van der Waals surface area contributed by atoms with Crippen molar-refractivity contribution in [1.82, 2.24) is 10.9 Å². The van der Waals surface area contributed by atoms with Crippen LogP contribution in [0.15, 0.2) is 46.9 Å². The number of carbonyl (C=O) groups excluding carboxylic acids is 2. The Morgan fingerprint density at radius 1 is 1.11 bits per heavy atom. The molecular formula is C20H21BrN2O4. The minimum atomic E-state index is -0.403. The van der Waals surface area contributed by atoms with E-state index in [0.29, 0.717) is 23.5 Å². The molecule has 0 aliphatic carbocycles. The smallest absolute Gasteiger partial charge is 0.269 e. The van der Waals surface area contributed by atoms with Crippen LogP contribution in [0.2, 0.25) is 0 Å². The summed E-state index contributed by atoms with van der Waals surface area (Å²) in [4.78, 5) is 24.3. The van der Waals surface area contributed by atoms with Crippen LogP contribution in [-0.4, -0.2) is 31.1 Å². The summed E-state index contributed by atoms with van der Waals surface area (Å²) in [5, 5.41) is 0. The molecule has 7 heteroatoms. The predicted octanol–water partition coefficient (Wildman–Crippen LogP) is 3.39.